The summed E-state index contributed by atoms with van der Waals surface area (Å²) in [4.78, 5) is 5.08. The number of thiocarbonyl (C=S) groups is 1. The van der Waals surface area contributed by atoms with Crippen LogP contribution in [0.4, 0.5) is 5.82 Å². The van der Waals surface area contributed by atoms with Crippen molar-refractivity contribution in [2.24, 2.45) is 5.73 Å². The minimum absolute atomic E-state index is 0.399. The second kappa shape index (κ2) is 8.26. The number of nitrogens with zero attached hydrogens (tertiary/aromatic N) is 1. The fourth-order valence-corrected chi connectivity index (χ4v) is 2.58. The molecule has 0 fully saturated rings. The van der Waals surface area contributed by atoms with Gasteiger partial charge in [-0.3, -0.25) is 0 Å². The summed E-state index contributed by atoms with van der Waals surface area (Å²) in [5.74, 6) is 0.806. The number of rotatable bonds is 9. The van der Waals surface area contributed by atoms with Crippen LogP contribution in [0.2, 0.25) is 0 Å². The number of methoxy groups -OCH3 is 1. The van der Waals surface area contributed by atoms with Crippen molar-refractivity contribution in [2.45, 2.75) is 25.7 Å². The van der Waals surface area contributed by atoms with Crippen LogP contribution >= 0.6 is 12.2 Å². The second-order valence-corrected chi connectivity index (χ2v) is 5.53. The molecule has 0 bridgehead atoms. The first-order valence-electron chi connectivity index (χ1n) is 7.35. The molecule has 5 nitrogen and oxygen atoms in total. The summed E-state index contributed by atoms with van der Waals surface area (Å²) in [6, 6.07) is 2.09. The Morgan fingerprint density at radius 2 is 2.24 bits per heavy atom. The van der Waals surface area contributed by atoms with Gasteiger partial charge in [0.15, 0.2) is 0 Å². The van der Waals surface area contributed by atoms with Gasteiger partial charge in [0.05, 0.1) is 18.8 Å². The molecule has 6 heteroatoms. The van der Waals surface area contributed by atoms with Crippen molar-refractivity contribution in [1.29, 1.82) is 0 Å². The second-order valence-electron chi connectivity index (χ2n) is 5.09. The molecule has 0 aliphatic heterocycles. The summed E-state index contributed by atoms with van der Waals surface area (Å²) in [7, 11) is 1.67. The highest BCUT2D eigenvalue weighted by Crippen LogP contribution is 2.25. The minimum atomic E-state index is 0.399. The first-order chi connectivity index (χ1) is 10.2. The smallest absolute Gasteiger partial charge is 0.136 e. The van der Waals surface area contributed by atoms with Crippen molar-refractivity contribution in [3.63, 3.8) is 0 Å². The number of nitrogens with one attached hydrogen (secondary N) is 1. The van der Waals surface area contributed by atoms with Crippen molar-refractivity contribution in [3.05, 3.63) is 22.9 Å². The molecule has 0 aromatic carbocycles. The van der Waals surface area contributed by atoms with Gasteiger partial charge in [0, 0.05) is 26.0 Å². The maximum Gasteiger partial charge on any atom is 0.136 e. The molecule has 1 aliphatic carbocycles. The maximum atomic E-state index is 5.81. The highest BCUT2D eigenvalue weighted by molar-refractivity contribution is 7.80. The summed E-state index contributed by atoms with van der Waals surface area (Å²) in [6.07, 6.45) is 4.18. The van der Waals surface area contributed by atoms with Crippen LogP contribution < -0.4 is 11.1 Å². The molecule has 0 radical (unpaired) electrons. The van der Waals surface area contributed by atoms with Crippen LogP contribution in [0.25, 0.3) is 0 Å². The molecule has 1 aromatic rings. The number of aromatic nitrogens is 1. The topological polar surface area (TPSA) is 69.4 Å². The fourth-order valence-electron chi connectivity index (χ4n) is 2.42. The Kier molecular flexibility index (Phi) is 6.35. The van der Waals surface area contributed by atoms with Crippen molar-refractivity contribution < 1.29 is 9.47 Å². The Balaban J connectivity index is 1.86. The van der Waals surface area contributed by atoms with Crippen molar-refractivity contribution >= 4 is 23.0 Å². The molecule has 0 saturated carbocycles. The summed E-state index contributed by atoms with van der Waals surface area (Å²) in [5, 5.41) is 3.33. The SMILES string of the molecule is COCCOCCCNc1nc2c(cc1C(N)=S)CCC2. The van der Waals surface area contributed by atoms with Gasteiger partial charge >= 0.3 is 0 Å². The zero-order valence-electron chi connectivity index (χ0n) is 12.5. The number of ether oxygens (including phenoxy) is 2. The van der Waals surface area contributed by atoms with E-state index in [1.807, 2.05) is 0 Å². The molecule has 3 N–H and O–H groups in total. The molecule has 0 amide bonds. The van der Waals surface area contributed by atoms with Crippen molar-refractivity contribution in [3.8, 4) is 0 Å². The molecule has 116 valence electrons. The van der Waals surface area contributed by atoms with E-state index in [4.69, 9.17) is 27.4 Å². The Labute approximate surface area is 131 Å². The summed E-state index contributed by atoms with van der Waals surface area (Å²) < 4.78 is 10.4. The van der Waals surface area contributed by atoms with Gasteiger partial charge in [-0.05, 0) is 37.3 Å². The van der Waals surface area contributed by atoms with E-state index in [1.54, 1.807) is 7.11 Å². The highest BCUT2D eigenvalue weighted by Gasteiger charge is 2.17. The van der Waals surface area contributed by atoms with Gasteiger partial charge in [-0.25, -0.2) is 4.98 Å². The van der Waals surface area contributed by atoms with Crippen LogP contribution in [0.5, 0.6) is 0 Å². The van der Waals surface area contributed by atoms with Gasteiger partial charge in [0.2, 0.25) is 0 Å². The number of anilines is 1. The fraction of sp³-hybridized carbons (Fsp3) is 0.600. The number of nitrogens with two attached hydrogens (primary N) is 1. The number of aryl methyl sites for hydroxylation is 2. The largest absolute Gasteiger partial charge is 0.389 e. The Bertz CT molecular complexity index is 494. The first-order valence-corrected chi connectivity index (χ1v) is 7.76. The molecule has 2 rings (SSSR count). The molecular formula is C15H23N3O2S. The summed E-state index contributed by atoms with van der Waals surface area (Å²) in [6.45, 7) is 2.75. The van der Waals surface area contributed by atoms with Crippen LogP contribution in [0.15, 0.2) is 6.07 Å². The Morgan fingerprint density at radius 3 is 3.00 bits per heavy atom. The standard InChI is InChI=1S/C15H23N3O2S/c1-19-8-9-20-7-3-6-17-15-12(14(16)21)10-11-4-2-5-13(11)18-15/h10H,2-9H2,1H3,(H2,16,21)(H,17,18). The van der Waals surface area contributed by atoms with E-state index in [0.29, 0.717) is 24.8 Å². The predicted molar refractivity (Wildman–Crippen MR) is 88.0 cm³/mol. The Hall–Kier alpha value is -1.24. The van der Waals surface area contributed by atoms with Crippen LogP contribution in [-0.2, 0) is 22.3 Å². The van der Waals surface area contributed by atoms with Crippen LogP contribution in [-0.4, -0.2) is 43.4 Å². The first kappa shape index (κ1) is 16.1. The van der Waals surface area contributed by atoms with Crippen molar-refractivity contribution in [2.75, 3.05) is 38.8 Å². The summed E-state index contributed by atoms with van der Waals surface area (Å²) in [5.41, 5.74) is 9.12. The van der Waals surface area contributed by atoms with E-state index in [1.165, 1.54) is 11.3 Å². The van der Waals surface area contributed by atoms with Crippen LogP contribution in [0.1, 0.15) is 29.7 Å². The quantitative estimate of drug-likeness (QED) is 0.534. The zero-order chi connectivity index (χ0) is 15.1. The van der Waals surface area contributed by atoms with Gasteiger partial charge in [0.1, 0.15) is 10.8 Å². The molecule has 1 aromatic heterocycles. The maximum absolute atomic E-state index is 5.81. The van der Waals surface area contributed by atoms with Gasteiger partial charge < -0.3 is 20.5 Å². The molecule has 0 unspecified atom stereocenters. The normalized spacial score (nSPS) is 13.2. The van der Waals surface area contributed by atoms with E-state index in [9.17, 15) is 0 Å². The third-order valence-electron chi connectivity index (χ3n) is 3.51. The number of hydrogen-bond acceptors (Lipinski definition) is 5. The zero-order valence-corrected chi connectivity index (χ0v) is 13.3. The van der Waals surface area contributed by atoms with Gasteiger partial charge in [-0.2, -0.15) is 0 Å². The minimum Gasteiger partial charge on any atom is -0.389 e. The molecule has 0 spiro atoms. The average Bonchev–Trinajstić information content (AvgIpc) is 2.92. The van der Waals surface area contributed by atoms with E-state index in [0.717, 1.165) is 43.6 Å². The van der Waals surface area contributed by atoms with E-state index in [2.05, 4.69) is 16.4 Å². The van der Waals surface area contributed by atoms with Gasteiger partial charge in [-0.15, -0.1) is 0 Å². The molecule has 21 heavy (non-hydrogen) atoms. The number of pyridine rings is 1. The van der Waals surface area contributed by atoms with E-state index < -0.39 is 0 Å². The molecule has 1 heterocycles. The third kappa shape index (κ3) is 4.62. The lowest BCUT2D eigenvalue weighted by Crippen LogP contribution is -2.17. The predicted octanol–water partition coefficient (Wildman–Crippen LogP) is 1.67. The Morgan fingerprint density at radius 1 is 1.38 bits per heavy atom. The molecular weight excluding hydrogens is 286 g/mol. The van der Waals surface area contributed by atoms with Crippen molar-refractivity contribution in [1.82, 2.24) is 4.98 Å². The monoisotopic (exact) mass is 309 g/mol. The number of hydrogen-bond donors (Lipinski definition) is 2. The van der Waals surface area contributed by atoms with Gasteiger partial charge in [-0.1, -0.05) is 12.2 Å². The molecule has 0 saturated heterocycles. The average molecular weight is 309 g/mol. The molecule has 0 atom stereocenters. The lowest BCUT2D eigenvalue weighted by molar-refractivity contribution is 0.0705. The third-order valence-corrected chi connectivity index (χ3v) is 3.73. The van der Waals surface area contributed by atoms with Gasteiger partial charge in [0.25, 0.3) is 0 Å². The van der Waals surface area contributed by atoms with Crippen LogP contribution in [0.3, 0.4) is 0 Å². The van der Waals surface area contributed by atoms with E-state index in [-0.39, 0.29) is 0 Å². The lowest BCUT2D eigenvalue weighted by Gasteiger charge is -2.12. The lowest BCUT2D eigenvalue weighted by atomic mass is 10.1. The summed E-state index contributed by atoms with van der Waals surface area (Å²) >= 11 is 5.13. The highest BCUT2D eigenvalue weighted by atomic mass is 32.1. The van der Waals surface area contributed by atoms with E-state index >= 15 is 0 Å². The van der Waals surface area contributed by atoms with Crippen LogP contribution in [0, 0.1) is 0 Å². The molecule has 1 aliphatic rings. The number of fused-ring (bicyclic) bond motifs is 1.